The van der Waals surface area contributed by atoms with Crippen LogP contribution in [-0.2, 0) is 0 Å². The smallest absolute Gasteiger partial charge is 0.265 e. The number of halogens is 4. The van der Waals surface area contributed by atoms with Gasteiger partial charge in [-0.2, -0.15) is 0 Å². The monoisotopic (exact) mass is 503 g/mol. The predicted octanol–water partition coefficient (Wildman–Crippen LogP) is 8.38. The highest BCUT2D eigenvalue weighted by Crippen LogP contribution is 2.46. The van der Waals surface area contributed by atoms with E-state index in [1.807, 2.05) is 12.1 Å². The Kier molecular flexibility index (Phi) is 8.28. The number of hydrogen-bond acceptors (Lipinski definition) is 3. The highest BCUT2D eigenvalue weighted by atomic mass is 35.5. The molecule has 0 radical (unpaired) electrons. The number of rotatable bonds is 9. The van der Waals surface area contributed by atoms with Crippen molar-refractivity contribution < 1.29 is 9.53 Å². The number of carbonyl (C=O) groups excluding carboxylic acids is 1. The van der Waals surface area contributed by atoms with Crippen LogP contribution in [0.15, 0.2) is 24.3 Å². The summed E-state index contributed by atoms with van der Waals surface area (Å²) < 4.78 is 5.80. The van der Waals surface area contributed by atoms with Crippen molar-refractivity contribution in [1.29, 1.82) is 0 Å². The summed E-state index contributed by atoms with van der Waals surface area (Å²) in [7, 11) is 0. The summed E-state index contributed by atoms with van der Waals surface area (Å²) in [6.45, 7) is 2.88. The van der Waals surface area contributed by atoms with Crippen molar-refractivity contribution in [3.8, 4) is 5.75 Å². The molecule has 30 heavy (non-hydrogen) atoms. The summed E-state index contributed by atoms with van der Waals surface area (Å²) in [5, 5.41) is 0.298. The van der Waals surface area contributed by atoms with Crippen molar-refractivity contribution in [2.45, 2.75) is 45.4 Å². The van der Waals surface area contributed by atoms with E-state index in [1.54, 1.807) is 12.1 Å². The van der Waals surface area contributed by atoms with Gasteiger partial charge in [0.2, 0.25) is 0 Å². The minimum Gasteiger partial charge on any atom is -0.494 e. The van der Waals surface area contributed by atoms with Crippen LogP contribution < -0.4 is 9.64 Å². The lowest BCUT2D eigenvalue weighted by Gasteiger charge is -2.17. The number of anilines is 1. The second-order valence-corrected chi connectivity index (χ2v) is 8.96. The zero-order valence-corrected chi connectivity index (χ0v) is 20.3. The highest BCUT2D eigenvalue weighted by Gasteiger charge is 2.39. The third-order valence-corrected chi connectivity index (χ3v) is 7.15. The third kappa shape index (κ3) is 4.73. The Morgan fingerprint density at radius 3 is 2.03 bits per heavy atom. The quantitative estimate of drug-likeness (QED) is 0.148. The van der Waals surface area contributed by atoms with E-state index >= 15 is 0 Å². The van der Waals surface area contributed by atoms with Crippen molar-refractivity contribution >= 4 is 75.2 Å². The molecule has 0 unspecified atom stereocenters. The fourth-order valence-electron chi connectivity index (χ4n) is 3.35. The van der Waals surface area contributed by atoms with Gasteiger partial charge < -0.3 is 4.74 Å². The number of unbranched alkanes of at least 4 members (excludes halogenated alkanes) is 5. The van der Waals surface area contributed by atoms with E-state index in [-0.39, 0.29) is 36.5 Å². The first-order valence-electron chi connectivity index (χ1n) is 9.86. The molecule has 3 rings (SSSR count). The van der Waals surface area contributed by atoms with Crippen LogP contribution in [0.25, 0.3) is 0 Å². The van der Waals surface area contributed by atoms with Crippen LogP contribution >= 0.6 is 58.6 Å². The van der Waals surface area contributed by atoms with Crippen LogP contribution in [0.2, 0.25) is 20.1 Å². The molecule has 2 aromatic carbocycles. The molecule has 0 saturated heterocycles. The molecule has 1 aliphatic heterocycles. The van der Waals surface area contributed by atoms with Gasteiger partial charge in [0.25, 0.3) is 5.91 Å². The van der Waals surface area contributed by atoms with Gasteiger partial charge in [-0.25, -0.2) is 0 Å². The van der Waals surface area contributed by atoms with Crippen LogP contribution in [-0.4, -0.2) is 17.5 Å². The number of fused-ring (bicyclic) bond motifs is 1. The number of carbonyl (C=O) groups is 1. The average molecular weight is 505 g/mol. The predicted molar refractivity (Wildman–Crippen MR) is 130 cm³/mol. The van der Waals surface area contributed by atoms with Crippen molar-refractivity contribution in [2.75, 3.05) is 11.5 Å². The van der Waals surface area contributed by atoms with E-state index in [4.69, 9.17) is 63.4 Å². The normalized spacial score (nSPS) is 13.2. The van der Waals surface area contributed by atoms with Crippen molar-refractivity contribution in [3.05, 3.63) is 55.5 Å². The summed E-state index contributed by atoms with van der Waals surface area (Å²) in [4.78, 5) is 14.6. The van der Waals surface area contributed by atoms with Gasteiger partial charge >= 0.3 is 0 Å². The number of nitrogens with zero attached hydrogens (tertiary/aromatic N) is 1. The van der Waals surface area contributed by atoms with Crippen molar-refractivity contribution in [2.24, 2.45) is 0 Å². The van der Waals surface area contributed by atoms with E-state index in [0.29, 0.717) is 17.9 Å². The first-order valence-corrected chi connectivity index (χ1v) is 11.8. The maximum atomic E-state index is 13.0. The maximum absolute atomic E-state index is 13.0. The van der Waals surface area contributed by atoms with Gasteiger partial charge in [-0.3, -0.25) is 9.69 Å². The van der Waals surface area contributed by atoms with Gasteiger partial charge in [-0.05, 0) is 30.7 Å². The number of amides is 1. The van der Waals surface area contributed by atoms with Gasteiger partial charge in [0.15, 0.2) is 0 Å². The van der Waals surface area contributed by atoms with Crippen LogP contribution in [0.5, 0.6) is 5.75 Å². The van der Waals surface area contributed by atoms with Gasteiger partial charge in [-0.1, -0.05) is 97.6 Å². The van der Waals surface area contributed by atoms with E-state index < -0.39 is 0 Å². The molecule has 1 aliphatic rings. The molecule has 0 aromatic heterocycles. The minimum absolute atomic E-state index is 0.0403. The molecule has 0 saturated carbocycles. The van der Waals surface area contributed by atoms with E-state index in [2.05, 4.69) is 6.92 Å². The molecule has 8 heteroatoms. The molecule has 0 spiro atoms. The van der Waals surface area contributed by atoms with Crippen LogP contribution in [0, 0.1) is 0 Å². The summed E-state index contributed by atoms with van der Waals surface area (Å²) in [6, 6.07) is 7.18. The molecule has 3 nitrogen and oxygen atoms in total. The van der Waals surface area contributed by atoms with Crippen LogP contribution in [0.3, 0.4) is 0 Å². The maximum Gasteiger partial charge on any atom is 0.265 e. The van der Waals surface area contributed by atoms with Crippen molar-refractivity contribution in [3.63, 3.8) is 0 Å². The lowest BCUT2D eigenvalue weighted by Crippen LogP contribution is -2.28. The molecule has 160 valence electrons. The number of hydrogen-bond donors (Lipinski definition) is 0. The molecule has 0 bridgehead atoms. The zero-order chi connectivity index (χ0) is 21.8. The summed E-state index contributed by atoms with van der Waals surface area (Å²) >= 11 is 30.3. The molecule has 1 amide bonds. The first-order chi connectivity index (χ1) is 14.4. The summed E-state index contributed by atoms with van der Waals surface area (Å²) in [5.74, 6) is 0.353. The number of benzene rings is 2. The molecule has 0 N–H and O–H groups in total. The Hall–Kier alpha value is -1.04. The molecular formula is C22H21Cl4NO2S. The SMILES string of the molecule is CCCCCCCCOc1ccc(N2C(=O)c3c(Cl)c(Cl)c(Cl)c(Cl)c3C2=S)cc1. The molecule has 1 heterocycles. The molecule has 2 aromatic rings. The minimum atomic E-state index is -0.388. The summed E-state index contributed by atoms with van der Waals surface area (Å²) in [5.41, 5.74) is 1.09. The number of thiocarbonyl (C=S) groups is 1. The summed E-state index contributed by atoms with van der Waals surface area (Å²) in [6.07, 6.45) is 7.24. The Balaban J connectivity index is 1.68. The second-order valence-electron chi connectivity index (χ2n) is 7.06. The van der Waals surface area contributed by atoms with Crippen LogP contribution in [0.4, 0.5) is 5.69 Å². The van der Waals surface area contributed by atoms with Gasteiger partial charge in [0, 0.05) is 5.56 Å². The van der Waals surface area contributed by atoms with Crippen LogP contribution in [0.1, 0.15) is 61.4 Å². The highest BCUT2D eigenvalue weighted by molar-refractivity contribution is 7.81. The Morgan fingerprint density at radius 2 is 1.40 bits per heavy atom. The standard InChI is InChI=1S/C22H21Cl4NO2S/c1-2-3-4-5-6-7-12-29-14-10-8-13(9-11-14)27-21(28)15-16(22(27)30)18(24)20(26)19(25)17(15)23/h8-11H,2-7,12H2,1H3. The molecule has 0 aliphatic carbocycles. The Morgan fingerprint density at radius 1 is 0.833 bits per heavy atom. The van der Waals surface area contributed by atoms with E-state index in [1.165, 1.54) is 37.0 Å². The molecule has 0 fully saturated rings. The van der Waals surface area contributed by atoms with Gasteiger partial charge in [0.1, 0.15) is 10.7 Å². The fraction of sp³-hybridized carbons (Fsp3) is 0.364. The third-order valence-electron chi connectivity index (χ3n) is 4.96. The first kappa shape index (κ1) is 23.6. The van der Waals surface area contributed by atoms with E-state index in [9.17, 15) is 4.79 Å². The van der Waals surface area contributed by atoms with E-state index in [0.717, 1.165) is 12.2 Å². The van der Waals surface area contributed by atoms with Gasteiger partial charge in [-0.15, -0.1) is 0 Å². The second kappa shape index (κ2) is 10.5. The Labute approximate surface area is 202 Å². The number of ether oxygens (including phenoxy) is 1. The van der Waals surface area contributed by atoms with Gasteiger partial charge in [0.05, 0.1) is 37.9 Å². The molecular weight excluding hydrogens is 484 g/mol. The zero-order valence-electron chi connectivity index (χ0n) is 16.4. The Bertz CT molecular complexity index is 916. The molecule has 0 atom stereocenters. The largest absolute Gasteiger partial charge is 0.494 e. The van der Waals surface area contributed by atoms with Crippen molar-refractivity contribution in [1.82, 2.24) is 0 Å². The fourth-order valence-corrected chi connectivity index (χ4v) is 4.82. The lowest BCUT2D eigenvalue weighted by molar-refractivity contribution is 0.101. The lowest BCUT2D eigenvalue weighted by atomic mass is 10.1. The average Bonchev–Trinajstić information content (AvgIpc) is 3.01. The topological polar surface area (TPSA) is 29.5 Å².